The van der Waals surface area contributed by atoms with E-state index in [-0.39, 0.29) is 22.8 Å². The molecule has 11 heteroatoms. The molecule has 2 amide bonds. The molecule has 2 heterocycles. The third-order valence-corrected chi connectivity index (χ3v) is 6.78. The summed E-state index contributed by atoms with van der Waals surface area (Å²) in [5.74, 6) is 0.370. The van der Waals surface area contributed by atoms with Crippen molar-refractivity contribution in [2.24, 2.45) is 0 Å². The summed E-state index contributed by atoms with van der Waals surface area (Å²) in [6, 6.07) is 17.3. The van der Waals surface area contributed by atoms with E-state index < -0.39 is 22.0 Å². The second kappa shape index (κ2) is 9.18. The van der Waals surface area contributed by atoms with E-state index in [1.54, 1.807) is 48.5 Å². The van der Waals surface area contributed by atoms with Gasteiger partial charge in [-0.1, -0.05) is 18.2 Å². The average molecular weight is 496 g/mol. The van der Waals surface area contributed by atoms with E-state index in [0.29, 0.717) is 42.6 Å². The zero-order valence-electron chi connectivity index (χ0n) is 18.4. The molecule has 180 valence electrons. The Balaban J connectivity index is 1.34. The van der Waals surface area contributed by atoms with Crippen molar-refractivity contribution in [1.82, 2.24) is 0 Å². The number of carbonyl (C=O) groups excluding carboxylic acids is 2. The van der Waals surface area contributed by atoms with Gasteiger partial charge in [0.1, 0.15) is 19.8 Å². The van der Waals surface area contributed by atoms with E-state index >= 15 is 0 Å². The summed E-state index contributed by atoms with van der Waals surface area (Å²) in [5, 5.41) is 2.78. The number of ether oxygens (including phenoxy) is 3. The number of cyclic esters (lactones) is 1. The fourth-order valence-corrected chi connectivity index (χ4v) is 4.81. The number of rotatable bonds is 6. The first-order valence-corrected chi connectivity index (χ1v) is 12.3. The van der Waals surface area contributed by atoms with E-state index in [0.717, 1.165) is 0 Å². The molecule has 0 aromatic heterocycles. The smallest absolute Gasteiger partial charge is 0.414 e. The third kappa shape index (κ3) is 4.71. The predicted octanol–water partition coefficient (Wildman–Crippen LogP) is 3.47. The first kappa shape index (κ1) is 22.5. The highest BCUT2D eigenvalue weighted by atomic mass is 32.2. The summed E-state index contributed by atoms with van der Waals surface area (Å²) in [6.45, 7) is 1.39. The van der Waals surface area contributed by atoms with E-state index in [9.17, 15) is 18.0 Å². The highest BCUT2D eigenvalue weighted by Crippen LogP contribution is 2.33. The number of nitrogens with one attached hydrogen (secondary N) is 2. The molecular formula is C24H21N3O7S. The van der Waals surface area contributed by atoms with Crippen LogP contribution in [0.15, 0.2) is 71.6 Å². The van der Waals surface area contributed by atoms with Gasteiger partial charge in [-0.05, 0) is 42.5 Å². The fraction of sp³-hybridized carbons (Fsp3) is 0.167. The number of hydrogen-bond donors (Lipinski definition) is 2. The molecule has 0 unspecified atom stereocenters. The van der Waals surface area contributed by atoms with Crippen LogP contribution in [-0.4, -0.2) is 46.8 Å². The lowest BCUT2D eigenvalue weighted by atomic mass is 10.1. The third-order valence-electron chi connectivity index (χ3n) is 5.40. The maximum Gasteiger partial charge on any atom is 0.414 e. The summed E-state index contributed by atoms with van der Waals surface area (Å²) in [5.41, 5.74) is 1.38. The lowest BCUT2D eigenvalue weighted by molar-refractivity contribution is 0.102. The lowest BCUT2D eigenvalue weighted by Crippen LogP contribution is -2.25. The Morgan fingerprint density at radius 2 is 1.66 bits per heavy atom. The zero-order chi connectivity index (χ0) is 24.4. The molecule has 2 aliphatic heterocycles. The molecule has 2 aliphatic rings. The molecule has 1 saturated heterocycles. The monoisotopic (exact) mass is 495 g/mol. The maximum atomic E-state index is 13.0. The minimum Gasteiger partial charge on any atom is -0.486 e. The minimum atomic E-state index is -3.95. The van der Waals surface area contributed by atoms with Crippen molar-refractivity contribution in [2.45, 2.75) is 4.90 Å². The van der Waals surface area contributed by atoms with E-state index in [2.05, 4.69) is 10.0 Å². The summed E-state index contributed by atoms with van der Waals surface area (Å²) in [4.78, 5) is 26.4. The topological polar surface area (TPSA) is 123 Å². The quantitative estimate of drug-likeness (QED) is 0.537. The molecule has 0 radical (unpaired) electrons. The molecule has 1 fully saturated rings. The maximum absolute atomic E-state index is 13.0. The van der Waals surface area contributed by atoms with Crippen LogP contribution in [0.1, 0.15) is 10.4 Å². The van der Waals surface area contributed by atoms with Crippen LogP contribution in [0.5, 0.6) is 11.5 Å². The van der Waals surface area contributed by atoms with Crippen molar-refractivity contribution in [3.05, 3.63) is 72.3 Å². The Hall–Kier alpha value is -4.25. The zero-order valence-corrected chi connectivity index (χ0v) is 19.2. The van der Waals surface area contributed by atoms with Crippen molar-refractivity contribution in [2.75, 3.05) is 41.3 Å². The largest absolute Gasteiger partial charge is 0.486 e. The highest BCUT2D eigenvalue weighted by molar-refractivity contribution is 7.92. The van der Waals surface area contributed by atoms with Crippen molar-refractivity contribution < 1.29 is 32.2 Å². The fourth-order valence-electron chi connectivity index (χ4n) is 3.75. The highest BCUT2D eigenvalue weighted by Gasteiger charge is 2.26. The number of anilines is 3. The summed E-state index contributed by atoms with van der Waals surface area (Å²) < 4.78 is 44.2. The number of sulfonamides is 1. The lowest BCUT2D eigenvalue weighted by Gasteiger charge is -2.19. The second-order valence-electron chi connectivity index (χ2n) is 7.73. The molecular weight excluding hydrogens is 474 g/mol. The Morgan fingerprint density at radius 1 is 0.857 bits per heavy atom. The van der Waals surface area contributed by atoms with Gasteiger partial charge in [0.2, 0.25) is 0 Å². The molecule has 2 N–H and O–H groups in total. The molecule has 35 heavy (non-hydrogen) atoms. The van der Waals surface area contributed by atoms with Gasteiger partial charge in [-0.2, -0.15) is 0 Å². The number of carbonyl (C=O) groups is 2. The average Bonchev–Trinajstić information content (AvgIpc) is 3.29. The first-order chi connectivity index (χ1) is 16.9. The number of fused-ring (bicyclic) bond motifs is 1. The first-order valence-electron chi connectivity index (χ1n) is 10.8. The van der Waals surface area contributed by atoms with Gasteiger partial charge < -0.3 is 19.5 Å². The number of benzene rings is 3. The molecule has 0 bridgehead atoms. The van der Waals surface area contributed by atoms with Crippen LogP contribution in [0, 0.1) is 0 Å². The van der Waals surface area contributed by atoms with Gasteiger partial charge in [0.15, 0.2) is 11.5 Å². The molecule has 3 aromatic rings. The molecule has 10 nitrogen and oxygen atoms in total. The second-order valence-corrected chi connectivity index (χ2v) is 9.41. The molecule has 3 aromatic carbocycles. The van der Waals surface area contributed by atoms with Gasteiger partial charge in [-0.15, -0.1) is 0 Å². The van der Waals surface area contributed by atoms with Crippen molar-refractivity contribution >= 4 is 39.1 Å². The van der Waals surface area contributed by atoms with Gasteiger partial charge in [-0.25, -0.2) is 13.2 Å². The van der Waals surface area contributed by atoms with Crippen LogP contribution >= 0.6 is 0 Å². The van der Waals surface area contributed by atoms with Crippen LogP contribution < -0.4 is 24.4 Å². The van der Waals surface area contributed by atoms with Gasteiger partial charge in [-0.3, -0.25) is 14.4 Å². The van der Waals surface area contributed by atoms with Crippen molar-refractivity contribution in [1.29, 1.82) is 0 Å². The normalized spacial score (nSPS) is 14.9. The van der Waals surface area contributed by atoms with E-state index in [4.69, 9.17) is 14.2 Å². The van der Waals surface area contributed by atoms with Gasteiger partial charge in [0.25, 0.3) is 15.9 Å². The Kier molecular flexibility index (Phi) is 5.91. The summed E-state index contributed by atoms with van der Waals surface area (Å²) >= 11 is 0. The van der Waals surface area contributed by atoms with Crippen LogP contribution in [0.25, 0.3) is 0 Å². The minimum absolute atomic E-state index is 0.00281. The molecule has 0 aliphatic carbocycles. The predicted molar refractivity (Wildman–Crippen MR) is 128 cm³/mol. The molecule has 5 rings (SSSR count). The van der Waals surface area contributed by atoms with Gasteiger partial charge >= 0.3 is 6.09 Å². The Labute approximate surface area is 201 Å². The standard InChI is InChI=1S/C24H21N3O7S/c28-23(25-19-6-1-2-7-20(19)27-10-11-34-24(27)29)16-4-3-5-17(14-16)26-35(30,31)18-8-9-21-22(15-18)33-13-12-32-21/h1-9,14-15,26H,10-13H2,(H,25,28). The van der Waals surface area contributed by atoms with Gasteiger partial charge in [0, 0.05) is 17.3 Å². The number of amides is 2. The van der Waals surface area contributed by atoms with Crippen molar-refractivity contribution in [3.8, 4) is 11.5 Å². The van der Waals surface area contributed by atoms with E-state index in [1.165, 1.54) is 23.1 Å². The van der Waals surface area contributed by atoms with Crippen molar-refractivity contribution in [3.63, 3.8) is 0 Å². The number of para-hydroxylation sites is 2. The molecule has 0 saturated carbocycles. The Morgan fingerprint density at radius 3 is 2.46 bits per heavy atom. The summed E-state index contributed by atoms with van der Waals surface area (Å²) in [6.07, 6.45) is -0.484. The SMILES string of the molecule is O=C(Nc1ccccc1N1CCOC1=O)c1cccc(NS(=O)(=O)c2ccc3c(c2)OCCO3)c1. The number of hydrogen-bond acceptors (Lipinski definition) is 7. The van der Waals surface area contributed by atoms with Crippen LogP contribution in [0.3, 0.4) is 0 Å². The molecule has 0 spiro atoms. The van der Waals surface area contributed by atoms with Crippen LogP contribution in [0.4, 0.5) is 21.9 Å². The van der Waals surface area contributed by atoms with E-state index in [1.807, 2.05) is 0 Å². The van der Waals surface area contributed by atoms with Gasteiger partial charge in [0.05, 0.1) is 22.8 Å². The van der Waals surface area contributed by atoms with Crippen LogP contribution in [-0.2, 0) is 14.8 Å². The van der Waals surface area contributed by atoms with Crippen LogP contribution in [0.2, 0.25) is 0 Å². The Bertz CT molecular complexity index is 1410. The summed E-state index contributed by atoms with van der Waals surface area (Å²) in [7, 11) is -3.95. The molecule has 0 atom stereocenters. The number of nitrogens with zero attached hydrogens (tertiary/aromatic N) is 1.